The van der Waals surface area contributed by atoms with Crippen LogP contribution in [0.1, 0.15) is 0 Å². The summed E-state index contributed by atoms with van der Waals surface area (Å²) in [6.07, 6.45) is 0. The normalized spacial score (nSPS) is 11.0. The molecular formula is C36H24B. The molecule has 0 aliphatic heterocycles. The molecule has 0 atom stereocenters. The predicted molar refractivity (Wildman–Crippen MR) is 161 cm³/mol. The molecule has 0 amide bonds. The number of hydrogen-bond acceptors (Lipinski definition) is 0. The van der Waals surface area contributed by atoms with Crippen LogP contribution >= 0.6 is 0 Å². The van der Waals surface area contributed by atoms with Crippen molar-refractivity contribution in [1.29, 1.82) is 0 Å². The second-order valence-electron chi connectivity index (χ2n) is 9.28. The molecule has 0 aliphatic rings. The summed E-state index contributed by atoms with van der Waals surface area (Å²) in [6, 6.07) is 52.7. The van der Waals surface area contributed by atoms with Gasteiger partial charge in [-0.15, -0.1) is 0 Å². The van der Waals surface area contributed by atoms with E-state index in [9.17, 15) is 0 Å². The third kappa shape index (κ3) is 3.72. The van der Waals surface area contributed by atoms with E-state index in [1.54, 1.807) is 0 Å². The van der Waals surface area contributed by atoms with Crippen LogP contribution in [0.4, 0.5) is 0 Å². The first-order valence-electron chi connectivity index (χ1n) is 12.5. The zero-order valence-electron chi connectivity index (χ0n) is 20.4. The van der Waals surface area contributed by atoms with Gasteiger partial charge in [-0.2, -0.15) is 0 Å². The maximum absolute atomic E-state index is 2.32. The maximum atomic E-state index is 2.32. The Kier molecular flexibility index (Phi) is 5.83. The Labute approximate surface area is 219 Å². The van der Waals surface area contributed by atoms with Crippen LogP contribution < -0.4 is 0 Å². The third-order valence-corrected chi connectivity index (χ3v) is 7.27. The summed E-state index contributed by atoms with van der Waals surface area (Å²) in [4.78, 5) is 0. The van der Waals surface area contributed by atoms with Crippen LogP contribution in [0.15, 0.2) is 146 Å². The van der Waals surface area contributed by atoms with E-state index in [-0.39, 0.29) is 8.41 Å². The van der Waals surface area contributed by atoms with Crippen molar-refractivity contribution in [1.82, 2.24) is 0 Å². The lowest BCUT2D eigenvalue weighted by Gasteiger charge is -2.19. The lowest BCUT2D eigenvalue weighted by molar-refractivity contribution is 1.64. The first kappa shape index (κ1) is 22.8. The van der Waals surface area contributed by atoms with Crippen molar-refractivity contribution in [2.24, 2.45) is 0 Å². The molecule has 7 rings (SSSR count). The minimum Gasteiger partial charge on any atom is -0.0622 e. The van der Waals surface area contributed by atoms with E-state index in [0.29, 0.717) is 0 Å². The molecule has 0 N–H and O–H groups in total. The highest BCUT2D eigenvalue weighted by atomic mass is 14.2. The number of benzene rings is 7. The molecule has 0 aromatic heterocycles. The minimum absolute atomic E-state index is 0. The maximum Gasteiger partial charge on any atom is 0 e. The molecule has 7 aromatic carbocycles. The van der Waals surface area contributed by atoms with Crippen LogP contribution in [0.3, 0.4) is 0 Å². The summed E-state index contributed by atoms with van der Waals surface area (Å²) >= 11 is 0. The van der Waals surface area contributed by atoms with Gasteiger partial charge in [-0.05, 0) is 65.7 Å². The van der Waals surface area contributed by atoms with Crippen LogP contribution in [-0.4, -0.2) is 8.41 Å². The topological polar surface area (TPSA) is 0 Å². The van der Waals surface area contributed by atoms with Crippen LogP contribution in [0.2, 0.25) is 0 Å². The fourth-order valence-corrected chi connectivity index (χ4v) is 5.72. The number of hydrogen-bond donors (Lipinski definition) is 0. The average molecular weight is 467 g/mol. The van der Waals surface area contributed by atoms with E-state index in [2.05, 4.69) is 146 Å². The highest BCUT2D eigenvalue weighted by Crippen LogP contribution is 2.46. The van der Waals surface area contributed by atoms with Gasteiger partial charge in [-0.3, -0.25) is 0 Å². The van der Waals surface area contributed by atoms with E-state index in [1.165, 1.54) is 65.7 Å². The number of fused-ring (bicyclic) bond motifs is 3. The van der Waals surface area contributed by atoms with Crippen molar-refractivity contribution in [2.75, 3.05) is 0 Å². The molecule has 1 heteroatoms. The van der Waals surface area contributed by atoms with Gasteiger partial charge in [-0.25, -0.2) is 0 Å². The van der Waals surface area contributed by atoms with Crippen molar-refractivity contribution in [2.45, 2.75) is 0 Å². The molecule has 0 bridgehead atoms. The SMILES string of the molecule is [B].c1ccc(-c2ccc(-c3c4ccccc4c(-c4ccccc4)c4ccccc34)c3ccccc23)cc1. The Morgan fingerprint density at radius 3 is 1.11 bits per heavy atom. The fraction of sp³-hybridized carbons (Fsp3) is 0. The quantitative estimate of drug-likeness (QED) is 0.179. The molecule has 0 spiro atoms. The molecule has 0 saturated heterocycles. The zero-order valence-corrected chi connectivity index (χ0v) is 20.4. The third-order valence-electron chi connectivity index (χ3n) is 7.27. The number of rotatable bonds is 3. The van der Waals surface area contributed by atoms with Gasteiger partial charge in [0.2, 0.25) is 0 Å². The summed E-state index contributed by atoms with van der Waals surface area (Å²) in [6.45, 7) is 0. The highest BCUT2D eigenvalue weighted by Gasteiger charge is 2.18. The lowest BCUT2D eigenvalue weighted by atomic mass is 9.84. The Morgan fingerprint density at radius 2 is 0.595 bits per heavy atom. The van der Waals surface area contributed by atoms with Crippen molar-refractivity contribution >= 4 is 40.7 Å². The van der Waals surface area contributed by atoms with E-state index in [4.69, 9.17) is 0 Å². The molecule has 0 heterocycles. The Balaban J connectivity index is 0.00000252. The summed E-state index contributed by atoms with van der Waals surface area (Å²) in [5.41, 5.74) is 7.64. The van der Waals surface area contributed by atoms with Crippen molar-refractivity contribution in [3.8, 4) is 33.4 Å². The standard InChI is InChI=1S/C36H24.B/c1-3-13-25(14-4-1)27-23-24-34(29-18-8-7-17-28(27)29)36-32-21-11-9-19-30(32)35(26-15-5-2-6-16-26)31-20-10-12-22-33(31)36;/h1-24H;. The molecule has 0 unspecified atom stereocenters. The largest absolute Gasteiger partial charge is 0.0622 e. The van der Waals surface area contributed by atoms with Gasteiger partial charge in [0.05, 0.1) is 0 Å². The van der Waals surface area contributed by atoms with Gasteiger partial charge in [0.15, 0.2) is 0 Å². The first-order valence-corrected chi connectivity index (χ1v) is 12.5. The lowest BCUT2D eigenvalue weighted by Crippen LogP contribution is -1.92. The van der Waals surface area contributed by atoms with Crippen LogP contribution in [0.25, 0.3) is 65.7 Å². The second-order valence-corrected chi connectivity index (χ2v) is 9.28. The van der Waals surface area contributed by atoms with E-state index < -0.39 is 0 Å². The highest BCUT2D eigenvalue weighted by molar-refractivity contribution is 6.24. The Morgan fingerprint density at radius 1 is 0.243 bits per heavy atom. The van der Waals surface area contributed by atoms with Crippen molar-refractivity contribution in [3.63, 3.8) is 0 Å². The van der Waals surface area contributed by atoms with Gasteiger partial charge in [-0.1, -0.05) is 146 Å². The van der Waals surface area contributed by atoms with E-state index in [0.717, 1.165) is 0 Å². The van der Waals surface area contributed by atoms with Gasteiger partial charge in [0.25, 0.3) is 0 Å². The second kappa shape index (κ2) is 9.45. The monoisotopic (exact) mass is 467 g/mol. The molecule has 37 heavy (non-hydrogen) atoms. The summed E-state index contributed by atoms with van der Waals surface area (Å²) < 4.78 is 0. The van der Waals surface area contributed by atoms with Gasteiger partial charge in [0, 0.05) is 8.41 Å². The van der Waals surface area contributed by atoms with Gasteiger partial charge in [0.1, 0.15) is 0 Å². The molecule has 0 nitrogen and oxygen atoms in total. The smallest absolute Gasteiger partial charge is 0 e. The summed E-state index contributed by atoms with van der Waals surface area (Å²) in [5.74, 6) is 0. The molecule has 0 aliphatic carbocycles. The van der Waals surface area contributed by atoms with Crippen LogP contribution in [0, 0.1) is 0 Å². The molecule has 3 radical (unpaired) electrons. The Bertz CT molecular complexity index is 1810. The summed E-state index contributed by atoms with van der Waals surface area (Å²) in [7, 11) is 0. The Hall–Kier alpha value is -4.62. The van der Waals surface area contributed by atoms with Gasteiger partial charge < -0.3 is 0 Å². The molecular weight excluding hydrogens is 443 g/mol. The van der Waals surface area contributed by atoms with E-state index in [1.807, 2.05) is 0 Å². The fourth-order valence-electron chi connectivity index (χ4n) is 5.72. The van der Waals surface area contributed by atoms with Crippen molar-refractivity contribution < 1.29 is 0 Å². The van der Waals surface area contributed by atoms with Crippen LogP contribution in [-0.2, 0) is 0 Å². The van der Waals surface area contributed by atoms with Crippen molar-refractivity contribution in [3.05, 3.63) is 146 Å². The van der Waals surface area contributed by atoms with E-state index >= 15 is 0 Å². The van der Waals surface area contributed by atoms with Crippen LogP contribution in [0.5, 0.6) is 0 Å². The molecule has 171 valence electrons. The first-order chi connectivity index (χ1) is 17.9. The minimum atomic E-state index is 0. The summed E-state index contributed by atoms with van der Waals surface area (Å²) in [5, 5.41) is 7.70. The molecule has 0 saturated carbocycles. The zero-order chi connectivity index (χ0) is 23.9. The predicted octanol–water partition coefficient (Wildman–Crippen LogP) is 9.77. The van der Waals surface area contributed by atoms with Gasteiger partial charge >= 0.3 is 0 Å². The molecule has 7 aromatic rings. The average Bonchev–Trinajstić information content (AvgIpc) is 2.96. The molecule has 0 fully saturated rings.